The summed E-state index contributed by atoms with van der Waals surface area (Å²) in [5.74, 6) is -1.23. The molecule has 0 aromatic carbocycles. The highest BCUT2D eigenvalue weighted by molar-refractivity contribution is 7.91. The number of rotatable bonds is 5. The molecular formula is C11H16N4O5S. The van der Waals surface area contributed by atoms with Crippen LogP contribution in [-0.4, -0.2) is 69.9 Å². The van der Waals surface area contributed by atoms with Crippen LogP contribution in [0.1, 0.15) is 12.1 Å². The zero-order chi connectivity index (χ0) is 15.6. The highest BCUT2D eigenvalue weighted by atomic mass is 32.2. The molecular weight excluding hydrogens is 300 g/mol. The third-order valence-corrected chi connectivity index (χ3v) is 5.12. The summed E-state index contributed by atoms with van der Waals surface area (Å²) in [6, 6.07) is -0.315. The molecule has 0 aliphatic carbocycles. The Kier molecular flexibility index (Phi) is 4.26. The van der Waals surface area contributed by atoms with Crippen molar-refractivity contribution in [2.24, 2.45) is 0 Å². The summed E-state index contributed by atoms with van der Waals surface area (Å²) in [7, 11) is -1.49. The Balaban J connectivity index is 1.95. The van der Waals surface area contributed by atoms with Crippen LogP contribution >= 0.6 is 0 Å². The van der Waals surface area contributed by atoms with Crippen LogP contribution in [0.15, 0.2) is 6.20 Å². The molecule has 1 amide bonds. The number of carbonyl (C=O) groups excluding carboxylic acids is 1. The number of amides is 1. The number of carboxylic acids is 1. The number of hydrogen-bond acceptors (Lipinski definition) is 6. The van der Waals surface area contributed by atoms with E-state index in [4.69, 9.17) is 5.11 Å². The van der Waals surface area contributed by atoms with Crippen molar-refractivity contribution in [3.8, 4) is 0 Å². The van der Waals surface area contributed by atoms with E-state index in [2.05, 4.69) is 10.3 Å². The molecule has 1 aromatic rings. The van der Waals surface area contributed by atoms with Crippen molar-refractivity contribution in [2.45, 2.75) is 25.4 Å². The number of carboxylic acid groups (broad SMARTS) is 1. The molecule has 1 fully saturated rings. The van der Waals surface area contributed by atoms with Gasteiger partial charge in [-0.25, -0.2) is 13.1 Å². The van der Waals surface area contributed by atoms with Crippen LogP contribution < -0.4 is 0 Å². The fourth-order valence-electron chi connectivity index (χ4n) is 2.19. The van der Waals surface area contributed by atoms with Gasteiger partial charge in [0, 0.05) is 19.3 Å². The van der Waals surface area contributed by atoms with Crippen molar-refractivity contribution in [3.05, 3.63) is 11.9 Å². The van der Waals surface area contributed by atoms with Gasteiger partial charge in [-0.2, -0.15) is 0 Å². The normalized spacial score (nSPS) is 20.3. The molecule has 0 saturated carbocycles. The molecule has 0 spiro atoms. The third kappa shape index (κ3) is 4.00. The summed E-state index contributed by atoms with van der Waals surface area (Å²) in [6.07, 6.45) is 1.57. The summed E-state index contributed by atoms with van der Waals surface area (Å²) in [4.78, 5) is 24.0. The minimum atomic E-state index is -3.05. The Hall–Kier alpha value is -1.97. The van der Waals surface area contributed by atoms with Crippen molar-refractivity contribution >= 4 is 21.7 Å². The van der Waals surface area contributed by atoms with Gasteiger partial charge in [0.05, 0.1) is 23.6 Å². The van der Waals surface area contributed by atoms with E-state index in [1.807, 2.05) is 0 Å². The van der Waals surface area contributed by atoms with Crippen LogP contribution in [0.5, 0.6) is 0 Å². The largest absolute Gasteiger partial charge is 0.481 e. The standard InChI is InChI=1S/C11H16N4O5S/c1-14(9-2-3-21(19,20)7-9)10(16)6-15-5-8(12-13-15)4-11(17)18/h5,9H,2-4,6-7H2,1H3,(H,17,18). The lowest BCUT2D eigenvalue weighted by Crippen LogP contribution is -2.39. The molecule has 1 N–H and O–H groups in total. The first-order valence-electron chi connectivity index (χ1n) is 6.34. The lowest BCUT2D eigenvalue weighted by molar-refractivity contribution is -0.136. The summed E-state index contributed by atoms with van der Waals surface area (Å²) in [5, 5.41) is 16.0. The Morgan fingerprint density at radius 2 is 2.24 bits per heavy atom. The predicted molar refractivity (Wildman–Crippen MR) is 71.2 cm³/mol. The fraction of sp³-hybridized carbons (Fsp3) is 0.636. The average Bonchev–Trinajstić information content (AvgIpc) is 2.94. The third-order valence-electron chi connectivity index (χ3n) is 3.37. The van der Waals surface area contributed by atoms with Gasteiger partial charge in [-0.05, 0) is 6.42 Å². The lowest BCUT2D eigenvalue weighted by Gasteiger charge is -2.23. The second-order valence-corrected chi connectivity index (χ2v) is 7.27. The summed E-state index contributed by atoms with van der Waals surface area (Å²) >= 11 is 0. The summed E-state index contributed by atoms with van der Waals surface area (Å²) in [5.41, 5.74) is 0.265. The van der Waals surface area contributed by atoms with E-state index in [0.717, 1.165) is 0 Å². The van der Waals surface area contributed by atoms with Gasteiger partial charge in [0.25, 0.3) is 0 Å². The van der Waals surface area contributed by atoms with Crippen molar-refractivity contribution in [1.29, 1.82) is 0 Å². The van der Waals surface area contributed by atoms with Crippen molar-refractivity contribution in [3.63, 3.8) is 0 Å². The Morgan fingerprint density at radius 1 is 1.52 bits per heavy atom. The lowest BCUT2D eigenvalue weighted by atomic mass is 10.2. The number of nitrogens with zero attached hydrogens (tertiary/aromatic N) is 4. The van der Waals surface area contributed by atoms with Gasteiger partial charge in [0.15, 0.2) is 9.84 Å². The molecule has 21 heavy (non-hydrogen) atoms. The maximum atomic E-state index is 12.1. The molecule has 116 valence electrons. The van der Waals surface area contributed by atoms with Crippen LogP contribution in [0.4, 0.5) is 0 Å². The van der Waals surface area contributed by atoms with Crippen molar-refractivity contribution in [2.75, 3.05) is 18.6 Å². The second-order valence-electron chi connectivity index (χ2n) is 5.04. The van der Waals surface area contributed by atoms with Crippen LogP contribution in [0.2, 0.25) is 0 Å². The molecule has 1 aliphatic heterocycles. The van der Waals surface area contributed by atoms with Crippen molar-refractivity contribution in [1.82, 2.24) is 19.9 Å². The molecule has 1 unspecified atom stereocenters. The van der Waals surface area contributed by atoms with Gasteiger partial charge in [-0.1, -0.05) is 5.21 Å². The molecule has 9 nitrogen and oxygen atoms in total. The molecule has 2 heterocycles. The Labute approximate surface area is 121 Å². The Morgan fingerprint density at radius 3 is 2.81 bits per heavy atom. The molecule has 0 radical (unpaired) electrons. The molecule has 0 bridgehead atoms. The number of hydrogen-bond donors (Lipinski definition) is 1. The second kappa shape index (κ2) is 5.80. The molecule has 1 aromatic heterocycles. The van der Waals surface area contributed by atoms with E-state index in [1.165, 1.54) is 15.8 Å². The van der Waals surface area contributed by atoms with Gasteiger partial charge < -0.3 is 10.0 Å². The van der Waals surface area contributed by atoms with Crippen LogP contribution in [0.25, 0.3) is 0 Å². The van der Waals surface area contributed by atoms with E-state index >= 15 is 0 Å². The van der Waals surface area contributed by atoms with E-state index < -0.39 is 15.8 Å². The van der Waals surface area contributed by atoms with Crippen LogP contribution in [-0.2, 0) is 32.4 Å². The van der Waals surface area contributed by atoms with Crippen LogP contribution in [0.3, 0.4) is 0 Å². The summed E-state index contributed by atoms with van der Waals surface area (Å²) < 4.78 is 24.1. The van der Waals surface area contributed by atoms with E-state index in [0.29, 0.717) is 6.42 Å². The summed E-state index contributed by atoms with van der Waals surface area (Å²) in [6.45, 7) is -0.0976. The van der Waals surface area contributed by atoms with Crippen LogP contribution in [0, 0.1) is 0 Å². The molecule has 1 saturated heterocycles. The number of likely N-dealkylation sites (N-methyl/N-ethyl adjacent to an activating group) is 1. The maximum absolute atomic E-state index is 12.1. The smallest absolute Gasteiger partial charge is 0.309 e. The average molecular weight is 316 g/mol. The minimum absolute atomic E-state index is 0.0170. The van der Waals surface area contributed by atoms with E-state index in [1.54, 1.807) is 7.05 Å². The number of sulfone groups is 1. The van der Waals surface area contributed by atoms with E-state index in [-0.39, 0.29) is 42.1 Å². The minimum Gasteiger partial charge on any atom is -0.481 e. The van der Waals surface area contributed by atoms with E-state index in [9.17, 15) is 18.0 Å². The van der Waals surface area contributed by atoms with Gasteiger partial charge in [-0.3, -0.25) is 9.59 Å². The Bertz CT molecular complexity index is 653. The SMILES string of the molecule is CN(C(=O)Cn1cc(CC(=O)O)nn1)C1CCS(=O)(=O)C1. The molecule has 2 rings (SSSR count). The van der Waals surface area contributed by atoms with Gasteiger partial charge >= 0.3 is 5.97 Å². The number of aromatic nitrogens is 3. The zero-order valence-electron chi connectivity index (χ0n) is 11.5. The van der Waals surface area contributed by atoms with Gasteiger partial charge in [0.1, 0.15) is 6.54 Å². The predicted octanol–water partition coefficient (Wildman–Crippen LogP) is -1.45. The number of carbonyl (C=O) groups is 2. The monoisotopic (exact) mass is 316 g/mol. The highest BCUT2D eigenvalue weighted by Crippen LogP contribution is 2.16. The van der Waals surface area contributed by atoms with Crippen molar-refractivity contribution < 1.29 is 23.1 Å². The molecule has 1 atom stereocenters. The van der Waals surface area contributed by atoms with Gasteiger partial charge in [0.2, 0.25) is 5.91 Å². The topological polar surface area (TPSA) is 122 Å². The quantitative estimate of drug-likeness (QED) is 0.705. The molecule has 1 aliphatic rings. The first kappa shape index (κ1) is 15.4. The highest BCUT2D eigenvalue weighted by Gasteiger charge is 2.32. The first-order valence-corrected chi connectivity index (χ1v) is 8.16. The zero-order valence-corrected chi connectivity index (χ0v) is 12.3. The first-order chi connectivity index (χ1) is 9.77. The fourth-order valence-corrected chi connectivity index (χ4v) is 3.96. The number of aliphatic carboxylic acids is 1. The maximum Gasteiger partial charge on any atom is 0.309 e. The molecule has 10 heteroatoms. The van der Waals surface area contributed by atoms with Gasteiger partial charge in [-0.15, -0.1) is 5.10 Å².